The molecule has 5 N–H and O–H groups in total. The lowest BCUT2D eigenvalue weighted by Gasteiger charge is -2.17. The molecular weight excluding hydrogens is 270 g/mol. The molecule has 0 aliphatic heterocycles. The third-order valence-electron chi connectivity index (χ3n) is 2.53. The summed E-state index contributed by atoms with van der Waals surface area (Å²) in [5.74, 6) is -0.518. The predicted molar refractivity (Wildman–Crippen MR) is 68.5 cm³/mol. The van der Waals surface area contributed by atoms with E-state index in [0.29, 0.717) is 6.61 Å². The van der Waals surface area contributed by atoms with Crippen molar-refractivity contribution >= 4 is 5.91 Å². The van der Waals surface area contributed by atoms with E-state index in [2.05, 4.69) is 10.6 Å². The van der Waals surface area contributed by atoms with E-state index in [1.807, 2.05) is 0 Å². The lowest BCUT2D eigenvalue weighted by atomic mass is 10.1. The summed E-state index contributed by atoms with van der Waals surface area (Å²) in [5, 5.41) is 34.7. The number of hydrogen-bond acceptors (Lipinski definition) is 6. The van der Waals surface area contributed by atoms with Crippen LogP contribution in [-0.4, -0.2) is 72.7 Å². The van der Waals surface area contributed by atoms with Crippen molar-refractivity contribution in [3.63, 3.8) is 0 Å². The summed E-state index contributed by atoms with van der Waals surface area (Å²) < 4.78 is 4.87. The topological polar surface area (TPSA) is 146 Å². The van der Waals surface area contributed by atoms with Gasteiger partial charge in [-0.2, -0.15) is 0 Å². The van der Waals surface area contributed by atoms with Crippen molar-refractivity contribution in [1.82, 2.24) is 10.3 Å². The van der Waals surface area contributed by atoms with E-state index in [0.717, 1.165) is 5.01 Å². The first-order chi connectivity index (χ1) is 9.58. The van der Waals surface area contributed by atoms with Gasteiger partial charge in [0.05, 0.1) is 24.7 Å². The highest BCUT2D eigenvalue weighted by atomic mass is 16.6. The van der Waals surface area contributed by atoms with Crippen LogP contribution in [0.25, 0.3) is 0 Å². The van der Waals surface area contributed by atoms with E-state index in [1.54, 1.807) is 0 Å². The molecule has 118 valence electrons. The van der Waals surface area contributed by atoms with Crippen LogP contribution in [0.3, 0.4) is 0 Å². The van der Waals surface area contributed by atoms with E-state index in [9.17, 15) is 10.0 Å². The summed E-state index contributed by atoms with van der Waals surface area (Å²) in [6, 6.07) is 0. The average Bonchev–Trinajstić information content (AvgIpc) is 2.45. The molecule has 0 aromatic rings. The number of aliphatic hydroxyl groups is 1. The van der Waals surface area contributed by atoms with Gasteiger partial charge in [0.25, 0.3) is 0 Å². The number of nitrogens with zero attached hydrogens (tertiary/aromatic N) is 3. The van der Waals surface area contributed by atoms with Crippen molar-refractivity contribution in [1.29, 1.82) is 0 Å². The summed E-state index contributed by atoms with van der Waals surface area (Å²) >= 11 is 0. The minimum absolute atomic E-state index is 0.0144. The molecule has 0 aliphatic carbocycles. The van der Waals surface area contributed by atoms with Gasteiger partial charge in [0.2, 0.25) is 11.2 Å². The maximum absolute atomic E-state index is 11.6. The van der Waals surface area contributed by atoms with Gasteiger partial charge in [-0.1, -0.05) is 0 Å². The van der Waals surface area contributed by atoms with E-state index >= 15 is 0 Å². The van der Waals surface area contributed by atoms with Crippen molar-refractivity contribution in [2.24, 2.45) is 16.9 Å². The molecule has 1 unspecified atom stereocenters. The molecule has 0 radical (unpaired) electrons. The Kier molecular flexibility index (Phi) is 10.3. The summed E-state index contributed by atoms with van der Waals surface area (Å²) in [7, 11) is 1.49. The molecule has 0 rings (SSSR count). The number of hydrogen-bond donors (Lipinski definition) is 4. The molecule has 0 saturated carbocycles. The molecule has 0 aromatic heterocycles. The van der Waals surface area contributed by atoms with Gasteiger partial charge in [-0.15, -0.1) is 5.01 Å². The van der Waals surface area contributed by atoms with Gasteiger partial charge in [-0.25, -0.2) is 0 Å². The molecule has 0 fully saturated rings. The Labute approximate surface area is 117 Å². The maximum atomic E-state index is 11.6. The van der Waals surface area contributed by atoms with E-state index in [1.165, 1.54) is 7.11 Å². The first kappa shape index (κ1) is 18.4. The fraction of sp³-hybridized carbons (Fsp3) is 0.900. The van der Waals surface area contributed by atoms with Crippen LogP contribution in [0.5, 0.6) is 0 Å². The molecule has 0 aliphatic rings. The van der Waals surface area contributed by atoms with Crippen molar-refractivity contribution in [2.45, 2.75) is 6.42 Å². The fourth-order valence-electron chi connectivity index (χ4n) is 1.56. The number of rotatable bonds is 11. The van der Waals surface area contributed by atoms with Crippen LogP contribution < -0.4 is 11.1 Å². The monoisotopic (exact) mass is 293 g/mol. The van der Waals surface area contributed by atoms with Crippen molar-refractivity contribution < 1.29 is 24.8 Å². The normalized spacial score (nSPS) is 13.1. The Morgan fingerprint density at radius 3 is 2.80 bits per heavy atom. The Bertz CT molecular complexity index is 302. The van der Waals surface area contributed by atoms with Crippen LogP contribution in [0.15, 0.2) is 5.28 Å². The van der Waals surface area contributed by atoms with Crippen LogP contribution in [0.4, 0.5) is 0 Å². The largest absolute Gasteiger partial charge is 0.569 e. The number of nitrogens with two attached hydrogens (primary N) is 1. The zero-order chi connectivity index (χ0) is 15.4. The molecule has 20 heavy (non-hydrogen) atoms. The Morgan fingerprint density at radius 1 is 1.60 bits per heavy atom. The number of carbonyl (C=O) groups excluding carboxylic acids is 1. The number of nitrogens with one attached hydrogen (secondary N) is 1. The number of methoxy groups -OCH3 is 1. The van der Waals surface area contributed by atoms with Gasteiger partial charge in [0, 0.05) is 39.1 Å². The lowest BCUT2D eigenvalue weighted by molar-refractivity contribution is -0.708. The molecule has 1 amide bonds. The van der Waals surface area contributed by atoms with Gasteiger partial charge < -0.3 is 31.3 Å². The number of amides is 1. The second kappa shape index (κ2) is 11.2. The second-order valence-corrected chi connectivity index (χ2v) is 4.14. The summed E-state index contributed by atoms with van der Waals surface area (Å²) in [5.41, 5.74) is 5.31. The summed E-state index contributed by atoms with van der Waals surface area (Å²) in [6.07, 6.45) is 0.132. The first-order valence-electron chi connectivity index (χ1n) is 6.22. The van der Waals surface area contributed by atoms with Crippen molar-refractivity contribution in [3.05, 3.63) is 5.21 Å². The van der Waals surface area contributed by atoms with Gasteiger partial charge in [-0.05, 0) is 0 Å². The van der Waals surface area contributed by atoms with Gasteiger partial charge in [0.15, 0.2) is 0 Å². The third-order valence-corrected chi connectivity index (χ3v) is 2.53. The second-order valence-electron chi connectivity index (χ2n) is 4.14. The third kappa shape index (κ3) is 7.71. The fourth-order valence-corrected chi connectivity index (χ4v) is 1.56. The van der Waals surface area contributed by atoms with Gasteiger partial charge in [0.1, 0.15) is 0 Å². The zero-order valence-corrected chi connectivity index (χ0v) is 11.6. The quantitative estimate of drug-likeness (QED) is 0.201. The van der Waals surface area contributed by atoms with E-state index in [-0.39, 0.29) is 56.0 Å². The maximum Gasteiger partial charge on any atom is 0.230 e. The summed E-state index contributed by atoms with van der Waals surface area (Å²) in [4.78, 5) is 11.6. The number of hydrazine groups is 1. The molecule has 0 spiro atoms. The zero-order valence-electron chi connectivity index (χ0n) is 11.6. The average molecular weight is 293 g/mol. The van der Waals surface area contributed by atoms with Crippen LogP contribution >= 0.6 is 0 Å². The SMILES string of the molecule is COCC(CO)CC(=O)NCCN(CCN)[N+]([O-])=NO. The van der Waals surface area contributed by atoms with Gasteiger partial charge in [-0.3, -0.25) is 4.79 Å². The Hall–Kier alpha value is -1.65. The van der Waals surface area contributed by atoms with E-state index in [4.69, 9.17) is 20.8 Å². The van der Waals surface area contributed by atoms with E-state index < -0.39 is 0 Å². The molecular formula is C10H23N5O5. The Balaban J connectivity index is 4.04. The molecule has 0 aromatic carbocycles. The van der Waals surface area contributed by atoms with Crippen LogP contribution in [0.1, 0.15) is 6.42 Å². The number of aliphatic hydroxyl groups excluding tert-OH is 1. The molecule has 10 nitrogen and oxygen atoms in total. The highest BCUT2D eigenvalue weighted by Gasteiger charge is 2.15. The molecule has 0 saturated heterocycles. The number of ether oxygens (including phenoxy) is 1. The van der Waals surface area contributed by atoms with Crippen LogP contribution in [-0.2, 0) is 9.53 Å². The van der Waals surface area contributed by atoms with Crippen molar-refractivity contribution in [2.75, 3.05) is 46.5 Å². The number of carbonyl (C=O) groups is 1. The highest BCUT2D eigenvalue weighted by Crippen LogP contribution is 2.02. The molecule has 0 bridgehead atoms. The van der Waals surface area contributed by atoms with Crippen molar-refractivity contribution in [3.8, 4) is 0 Å². The van der Waals surface area contributed by atoms with Crippen LogP contribution in [0, 0.1) is 11.1 Å². The van der Waals surface area contributed by atoms with Gasteiger partial charge >= 0.3 is 0 Å². The lowest BCUT2D eigenvalue weighted by Crippen LogP contribution is -2.41. The molecule has 1 atom stereocenters. The predicted octanol–water partition coefficient (Wildman–Crippen LogP) is -1.72. The molecule has 10 heteroatoms. The standard InChI is InChI=1S/C10H23N5O5/c1-20-8-9(7-16)6-10(17)12-3-5-14(4-2-11)15(19)13-18/h9,16,18H,2-8,11H2,1H3,(H,12,17). The first-order valence-corrected chi connectivity index (χ1v) is 6.22. The smallest absolute Gasteiger partial charge is 0.230 e. The highest BCUT2D eigenvalue weighted by molar-refractivity contribution is 5.76. The minimum Gasteiger partial charge on any atom is -0.569 e. The minimum atomic E-state index is -0.261. The summed E-state index contributed by atoms with van der Waals surface area (Å²) in [6.45, 7) is 0.914. The van der Waals surface area contributed by atoms with Crippen LogP contribution in [0.2, 0.25) is 0 Å². The Morgan fingerprint density at radius 2 is 2.30 bits per heavy atom. The molecule has 0 heterocycles.